The van der Waals surface area contributed by atoms with Gasteiger partial charge in [0.25, 0.3) is 5.91 Å². The molecule has 1 aliphatic rings. The van der Waals surface area contributed by atoms with Gasteiger partial charge in [-0.15, -0.1) is 11.3 Å². The van der Waals surface area contributed by atoms with Crippen LogP contribution in [0.5, 0.6) is 11.5 Å². The van der Waals surface area contributed by atoms with E-state index in [1.54, 1.807) is 53.6 Å². The van der Waals surface area contributed by atoms with Gasteiger partial charge in [0.15, 0.2) is 11.5 Å². The Hall–Kier alpha value is -3.39. The number of rotatable bonds is 6. The van der Waals surface area contributed by atoms with Gasteiger partial charge in [0, 0.05) is 42.7 Å². The minimum atomic E-state index is -0.0787. The summed E-state index contributed by atoms with van der Waals surface area (Å²) in [5, 5.41) is 2.86. The van der Waals surface area contributed by atoms with E-state index in [0.717, 1.165) is 16.3 Å². The van der Waals surface area contributed by atoms with Crippen LogP contribution in [-0.2, 0) is 11.2 Å². The predicted molar refractivity (Wildman–Crippen MR) is 123 cm³/mol. The van der Waals surface area contributed by atoms with Crippen LogP contribution in [0.1, 0.15) is 16.1 Å². The van der Waals surface area contributed by atoms with Gasteiger partial charge in [-0.25, -0.2) is 4.98 Å². The molecule has 0 spiro atoms. The smallest absolute Gasteiger partial charge is 0.254 e. The molecular formula is C24H25N3O4S. The molecule has 8 heteroatoms. The molecule has 4 rings (SSSR count). The minimum Gasteiger partial charge on any atom is -0.493 e. The first-order valence-electron chi connectivity index (χ1n) is 10.4. The summed E-state index contributed by atoms with van der Waals surface area (Å²) >= 11 is 1.54. The van der Waals surface area contributed by atoms with E-state index in [2.05, 4.69) is 4.98 Å². The number of carbonyl (C=O) groups excluding carboxylic acids is 2. The molecule has 32 heavy (non-hydrogen) atoms. The Kier molecular flexibility index (Phi) is 6.70. The third-order valence-electron chi connectivity index (χ3n) is 5.45. The molecule has 1 fully saturated rings. The van der Waals surface area contributed by atoms with Crippen LogP contribution in [0, 0.1) is 0 Å². The van der Waals surface area contributed by atoms with Crippen LogP contribution in [0.3, 0.4) is 0 Å². The van der Waals surface area contributed by atoms with Crippen molar-refractivity contribution in [2.24, 2.45) is 0 Å². The van der Waals surface area contributed by atoms with Crippen molar-refractivity contribution in [3.05, 3.63) is 65.2 Å². The van der Waals surface area contributed by atoms with E-state index in [-0.39, 0.29) is 18.2 Å². The highest BCUT2D eigenvalue weighted by Gasteiger charge is 2.26. The number of carbonyl (C=O) groups is 2. The zero-order valence-electron chi connectivity index (χ0n) is 18.1. The largest absolute Gasteiger partial charge is 0.493 e. The molecule has 1 saturated heterocycles. The maximum Gasteiger partial charge on any atom is 0.254 e. The molecule has 0 aliphatic carbocycles. The second kappa shape index (κ2) is 9.82. The number of benzene rings is 2. The summed E-state index contributed by atoms with van der Waals surface area (Å²) in [6, 6.07) is 15.1. The van der Waals surface area contributed by atoms with Crippen molar-refractivity contribution in [3.63, 3.8) is 0 Å². The second-order valence-electron chi connectivity index (χ2n) is 7.43. The molecule has 1 aliphatic heterocycles. The molecule has 166 valence electrons. The Morgan fingerprint density at radius 1 is 0.938 bits per heavy atom. The van der Waals surface area contributed by atoms with Crippen molar-refractivity contribution in [3.8, 4) is 22.1 Å². The fourth-order valence-corrected chi connectivity index (χ4v) is 4.50. The Balaban J connectivity index is 1.33. The first-order valence-corrected chi connectivity index (χ1v) is 11.3. The maximum absolute atomic E-state index is 12.9. The zero-order valence-corrected chi connectivity index (χ0v) is 18.9. The van der Waals surface area contributed by atoms with Crippen molar-refractivity contribution < 1.29 is 19.1 Å². The summed E-state index contributed by atoms with van der Waals surface area (Å²) in [5.74, 6) is 1.06. The van der Waals surface area contributed by atoms with Crippen molar-refractivity contribution in [2.45, 2.75) is 6.42 Å². The third-order valence-corrected chi connectivity index (χ3v) is 6.40. The predicted octanol–water partition coefficient (Wildman–Crippen LogP) is 3.35. The van der Waals surface area contributed by atoms with Crippen molar-refractivity contribution in [2.75, 3.05) is 40.4 Å². The fraction of sp³-hybridized carbons (Fsp3) is 0.292. The lowest BCUT2D eigenvalue weighted by Crippen LogP contribution is -2.51. The summed E-state index contributed by atoms with van der Waals surface area (Å²) in [5.41, 5.74) is 2.37. The topological polar surface area (TPSA) is 72.0 Å². The van der Waals surface area contributed by atoms with Crippen LogP contribution in [0.4, 0.5) is 0 Å². The van der Waals surface area contributed by atoms with Gasteiger partial charge in [0.05, 0.1) is 26.3 Å². The number of nitrogens with zero attached hydrogens (tertiary/aromatic N) is 3. The summed E-state index contributed by atoms with van der Waals surface area (Å²) in [4.78, 5) is 33.8. The van der Waals surface area contributed by atoms with Gasteiger partial charge in [-0.3, -0.25) is 9.59 Å². The Morgan fingerprint density at radius 2 is 1.62 bits per heavy atom. The van der Waals surface area contributed by atoms with Crippen LogP contribution in [0.25, 0.3) is 10.6 Å². The molecule has 3 aromatic rings. The summed E-state index contributed by atoms with van der Waals surface area (Å²) < 4.78 is 10.5. The summed E-state index contributed by atoms with van der Waals surface area (Å²) in [6.45, 7) is 2.00. The van der Waals surface area contributed by atoms with E-state index < -0.39 is 0 Å². The molecule has 0 atom stereocenters. The molecule has 1 aromatic heterocycles. The Labute approximate surface area is 191 Å². The Bertz CT molecular complexity index is 1090. The molecular weight excluding hydrogens is 426 g/mol. The normalized spacial score (nSPS) is 13.7. The van der Waals surface area contributed by atoms with Gasteiger partial charge < -0.3 is 19.3 Å². The second-order valence-corrected chi connectivity index (χ2v) is 8.29. The van der Waals surface area contributed by atoms with Crippen LogP contribution in [0.15, 0.2) is 53.9 Å². The van der Waals surface area contributed by atoms with Crippen molar-refractivity contribution >= 4 is 23.2 Å². The van der Waals surface area contributed by atoms with Crippen LogP contribution < -0.4 is 9.47 Å². The van der Waals surface area contributed by atoms with Gasteiger partial charge in [-0.2, -0.15) is 0 Å². The SMILES string of the molecule is COc1ccc(C(=O)N2CCN(C(=O)Cc3csc(-c4ccccc4)n3)CC2)cc1OC. The summed E-state index contributed by atoms with van der Waals surface area (Å²) in [7, 11) is 3.10. The lowest BCUT2D eigenvalue weighted by atomic mass is 10.1. The monoisotopic (exact) mass is 451 g/mol. The highest BCUT2D eigenvalue weighted by atomic mass is 32.1. The number of thiazole rings is 1. The van der Waals surface area contributed by atoms with Gasteiger partial charge >= 0.3 is 0 Å². The van der Waals surface area contributed by atoms with Crippen LogP contribution in [-0.4, -0.2) is 67.0 Å². The van der Waals surface area contributed by atoms with E-state index in [1.807, 2.05) is 35.7 Å². The quantitative estimate of drug-likeness (QED) is 0.575. The van der Waals surface area contributed by atoms with Crippen molar-refractivity contribution in [1.82, 2.24) is 14.8 Å². The minimum absolute atomic E-state index is 0.0353. The number of ether oxygens (including phenoxy) is 2. The number of aromatic nitrogens is 1. The van der Waals surface area contributed by atoms with E-state index in [0.29, 0.717) is 43.2 Å². The summed E-state index contributed by atoms with van der Waals surface area (Å²) in [6.07, 6.45) is 0.271. The van der Waals surface area contributed by atoms with E-state index in [4.69, 9.17) is 9.47 Å². The van der Waals surface area contributed by atoms with Gasteiger partial charge in [-0.1, -0.05) is 30.3 Å². The number of amides is 2. The third kappa shape index (κ3) is 4.75. The van der Waals surface area contributed by atoms with Crippen LogP contribution in [0.2, 0.25) is 0 Å². The van der Waals surface area contributed by atoms with E-state index >= 15 is 0 Å². The van der Waals surface area contributed by atoms with Crippen LogP contribution >= 0.6 is 11.3 Å². The number of hydrogen-bond acceptors (Lipinski definition) is 6. The number of piperazine rings is 1. The Morgan fingerprint density at radius 3 is 2.31 bits per heavy atom. The lowest BCUT2D eigenvalue weighted by molar-refractivity contribution is -0.132. The highest BCUT2D eigenvalue weighted by molar-refractivity contribution is 7.13. The molecule has 0 unspecified atom stereocenters. The van der Waals surface area contributed by atoms with Crippen molar-refractivity contribution in [1.29, 1.82) is 0 Å². The fourth-order valence-electron chi connectivity index (χ4n) is 3.68. The van der Waals surface area contributed by atoms with Gasteiger partial charge in [0.2, 0.25) is 5.91 Å². The molecule has 0 N–H and O–H groups in total. The molecule has 2 amide bonds. The average Bonchev–Trinajstić information content (AvgIpc) is 3.32. The zero-order chi connectivity index (χ0) is 22.5. The van der Waals surface area contributed by atoms with Gasteiger partial charge in [-0.05, 0) is 18.2 Å². The highest BCUT2D eigenvalue weighted by Crippen LogP contribution is 2.28. The van der Waals surface area contributed by atoms with E-state index in [1.165, 1.54) is 0 Å². The van der Waals surface area contributed by atoms with E-state index in [9.17, 15) is 9.59 Å². The molecule has 0 saturated carbocycles. The molecule has 0 bridgehead atoms. The van der Waals surface area contributed by atoms with Gasteiger partial charge in [0.1, 0.15) is 5.01 Å². The first-order chi connectivity index (χ1) is 15.6. The standard InChI is InChI=1S/C24H25N3O4S/c1-30-20-9-8-18(14-21(20)31-2)24(29)27-12-10-26(11-13-27)22(28)15-19-16-32-23(25-19)17-6-4-3-5-7-17/h3-9,14,16H,10-13,15H2,1-2H3. The lowest BCUT2D eigenvalue weighted by Gasteiger charge is -2.34. The number of methoxy groups -OCH3 is 2. The molecule has 2 heterocycles. The molecule has 2 aromatic carbocycles. The molecule has 0 radical (unpaired) electrons. The average molecular weight is 452 g/mol. The first kappa shape index (κ1) is 21.8. The number of hydrogen-bond donors (Lipinski definition) is 0. The maximum atomic E-state index is 12.9. The molecule has 7 nitrogen and oxygen atoms in total.